The largest absolute Gasteiger partial charge is 0.472 e. The first-order chi connectivity index (χ1) is 26.2. The van der Waals surface area contributed by atoms with E-state index in [4.69, 9.17) is 24.3 Å². The number of carbonyl (C=O) groups is 2. The van der Waals surface area contributed by atoms with E-state index in [1.807, 2.05) is 12.2 Å². The third kappa shape index (κ3) is 37.7. The maximum absolute atomic E-state index is 12.6. The first kappa shape index (κ1) is 51.4. The fourth-order valence-corrected chi connectivity index (χ4v) is 5.89. The number of hydrogen-bond acceptors (Lipinski definition) is 9. The van der Waals surface area contributed by atoms with Gasteiger partial charge in [0.25, 0.3) is 0 Å². The minimum atomic E-state index is -4.43. The van der Waals surface area contributed by atoms with Crippen molar-refractivity contribution in [1.82, 2.24) is 0 Å². The highest BCUT2D eigenvalue weighted by Gasteiger charge is 2.26. The molecule has 0 rings (SSSR count). The van der Waals surface area contributed by atoms with Gasteiger partial charge in [-0.25, -0.2) is 4.57 Å². The number of aliphatic hydroxyl groups is 1. The van der Waals surface area contributed by atoms with Crippen LogP contribution in [0.4, 0.5) is 0 Å². The molecule has 10 nitrogen and oxygen atoms in total. The summed E-state index contributed by atoms with van der Waals surface area (Å²) < 4.78 is 32.6. The third-order valence-corrected chi connectivity index (χ3v) is 9.16. The molecule has 0 spiro atoms. The molecule has 0 saturated carbocycles. The molecule has 0 aliphatic carbocycles. The second-order valence-electron chi connectivity index (χ2n) is 13.3. The first-order valence-corrected chi connectivity index (χ1v) is 22.0. The smallest absolute Gasteiger partial charge is 0.462 e. The SMILES string of the molecule is CC/C=C\C/C=C\C/C=C\C/C=C\C=C\C(O)CCCC(=O)O[C@H](COC(=O)CCCCCCC/C=C\CCCCCCCC)COP(=O)(O)OCCN. The second kappa shape index (κ2) is 38.7. The summed E-state index contributed by atoms with van der Waals surface area (Å²) in [6, 6.07) is 0. The van der Waals surface area contributed by atoms with Crippen LogP contribution in [0.2, 0.25) is 0 Å². The molecule has 0 aliphatic rings. The van der Waals surface area contributed by atoms with Gasteiger partial charge < -0.3 is 25.2 Å². The van der Waals surface area contributed by atoms with Gasteiger partial charge in [-0.3, -0.25) is 18.6 Å². The van der Waals surface area contributed by atoms with Crippen LogP contribution in [0.3, 0.4) is 0 Å². The third-order valence-electron chi connectivity index (χ3n) is 8.18. The van der Waals surface area contributed by atoms with Crippen LogP contribution in [0, 0.1) is 0 Å². The normalized spacial score (nSPS) is 14.7. The molecule has 0 amide bonds. The summed E-state index contributed by atoms with van der Waals surface area (Å²) in [5, 5.41) is 10.3. The van der Waals surface area contributed by atoms with Gasteiger partial charge in [0, 0.05) is 19.4 Å². The zero-order chi connectivity index (χ0) is 39.8. The van der Waals surface area contributed by atoms with Crippen LogP contribution in [-0.4, -0.2) is 60.5 Å². The number of esters is 2. The molecule has 310 valence electrons. The number of aliphatic hydroxyl groups excluding tert-OH is 1. The Morgan fingerprint density at radius 2 is 1.24 bits per heavy atom. The maximum Gasteiger partial charge on any atom is 0.472 e. The molecule has 2 unspecified atom stereocenters. The van der Waals surface area contributed by atoms with E-state index in [0.717, 1.165) is 64.2 Å². The van der Waals surface area contributed by atoms with Crippen molar-refractivity contribution in [3.8, 4) is 0 Å². The predicted octanol–water partition coefficient (Wildman–Crippen LogP) is 10.5. The Labute approximate surface area is 327 Å². The lowest BCUT2D eigenvalue weighted by molar-refractivity contribution is -0.161. The van der Waals surface area contributed by atoms with Crippen LogP contribution in [0.15, 0.2) is 72.9 Å². The zero-order valence-electron chi connectivity index (χ0n) is 33.5. The molecule has 0 aromatic carbocycles. The first-order valence-electron chi connectivity index (χ1n) is 20.5. The van der Waals surface area contributed by atoms with Crippen LogP contribution >= 0.6 is 7.82 Å². The van der Waals surface area contributed by atoms with Crippen molar-refractivity contribution in [1.29, 1.82) is 0 Å². The lowest BCUT2D eigenvalue weighted by Gasteiger charge is -2.20. The predicted molar refractivity (Wildman–Crippen MR) is 221 cm³/mol. The van der Waals surface area contributed by atoms with Crippen LogP contribution in [0.1, 0.15) is 149 Å². The van der Waals surface area contributed by atoms with Crippen LogP contribution in [0.25, 0.3) is 0 Å². The van der Waals surface area contributed by atoms with Crippen molar-refractivity contribution in [2.45, 2.75) is 161 Å². The Morgan fingerprint density at radius 1 is 0.667 bits per heavy atom. The van der Waals surface area contributed by atoms with Gasteiger partial charge in [0.15, 0.2) is 6.10 Å². The Hall–Kier alpha value is -2.59. The summed E-state index contributed by atoms with van der Waals surface area (Å²) in [7, 11) is -4.43. The Bertz CT molecular complexity index is 1130. The van der Waals surface area contributed by atoms with Crippen molar-refractivity contribution in [2.24, 2.45) is 5.73 Å². The van der Waals surface area contributed by atoms with Crippen molar-refractivity contribution in [3.63, 3.8) is 0 Å². The molecular weight excluding hydrogens is 705 g/mol. The van der Waals surface area contributed by atoms with Gasteiger partial charge in [0.05, 0.1) is 19.3 Å². The number of nitrogens with two attached hydrogens (primary N) is 1. The maximum atomic E-state index is 12.6. The van der Waals surface area contributed by atoms with E-state index >= 15 is 0 Å². The van der Waals surface area contributed by atoms with E-state index in [-0.39, 0.29) is 32.6 Å². The average molecular weight is 780 g/mol. The number of ether oxygens (including phenoxy) is 2. The molecule has 0 radical (unpaired) electrons. The van der Waals surface area contributed by atoms with Crippen molar-refractivity contribution >= 4 is 19.8 Å². The van der Waals surface area contributed by atoms with Crippen molar-refractivity contribution in [2.75, 3.05) is 26.4 Å². The van der Waals surface area contributed by atoms with Crippen LogP contribution in [0.5, 0.6) is 0 Å². The molecule has 0 aromatic heterocycles. The van der Waals surface area contributed by atoms with E-state index in [9.17, 15) is 24.2 Å². The molecular formula is C43H74NO9P. The molecule has 0 fully saturated rings. The summed E-state index contributed by atoms with van der Waals surface area (Å²) >= 11 is 0. The molecule has 3 atom stereocenters. The number of phosphoric ester groups is 1. The Morgan fingerprint density at radius 3 is 1.87 bits per heavy atom. The molecule has 0 aromatic rings. The van der Waals surface area contributed by atoms with Gasteiger partial charge in [-0.1, -0.05) is 138 Å². The Balaban J connectivity index is 4.42. The zero-order valence-corrected chi connectivity index (χ0v) is 34.4. The Kier molecular flexibility index (Phi) is 36.8. The number of phosphoric acid groups is 1. The monoisotopic (exact) mass is 780 g/mol. The molecule has 54 heavy (non-hydrogen) atoms. The average Bonchev–Trinajstić information content (AvgIpc) is 3.15. The van der Waals surface area contributed by atoms with Crippen LogP contribution < -0.4 is 5.73 Å². The van der Waals surface area contributed by atoms with Crippen LogP contribution in [-0.2, 0) is 32.7 Å². The number of carbonyl (C=O) groups excluding carboxylic acids is 2. The van der Waals surface area contributed by atoms with E-state index < -0.39 is 38.6 Å². The summed E-state index contributed by atoms with van der Waals surface area (Å²) in [5.74, 6) is -1.05. The summed E-state index contributed by atoms with van der Waals surface area (Å²) in [6.45, 7) is 3.35. The van der Waals surface area contributed by atoms with Gasteiger partial charge in [-0.05, 0) is 70.6 Å². The molecule has 0 heterocycles. The van der Waals surface area contributed by atoms with Gasteiger partial charge in [0.1, 0.15) is 6.61 Å². The molecule has 0 bridgehead atoms. The number of hydrogen-bond donors (Lipinski definition) is 3. The lowest BCUT2D eigenvalue weighted by Crippen LogP contribution is -2.29. The van der Waals surface area contributed by atoms with Gasteiger partial charge >= 0.3 is 19.8 Å². The van der Waals surface area contributed by atoms with Crippen molar-refractivity contribution in [3.05, 3.63) is 72.9 Å². The second-order valence-corrected chi connectivity index (χ2v) is 14.8. The standard InChI is InChI=1S/C43H74NO9P/c1-3-5-7-9-11-13-15-17-18-20-22-24-26-28-30-34-42(46)50-38-41(39-52-54(48,49)51-37-36-44)53-43(47)35-31-33-40(45)32-29-27-25-23-21-19-16-14-12-10-8-6-4-2/h6,8,12,14,17-19,21,25,27,29,32,40-41,45H,3-5,7,9-11,13,15-16,20,22-24,26,28,30-31,33-39,44H2,1-2H3,(H,48,49)/b8-6-,14-12-,18-17-,21-19-,27-25-,32-29+/t40?,41-/m1/s1. The lowest BCUT2D eigenvalue weighted by atomic mass is 10.1. The summed E-state index contributed by atoms with van der Waals surface area (Å²) in [5.41, 5.74) is 5.33. The molecule has 0 aliphatic heterocycles. The number of unbranched alkanes of at least 4 members (excludes halogenated alkanes) is 11. The quantitative estimate of drug-likeness (QED) is 0.0182. The number of allylic oxidation sites excluding steroid dienone is 11. The van der Waals surface area contributed by atoms with Gasteiger partial charge in [-0.15, -0.1) is 0 Å². The summed E-state index contributed by atoms with van der Waals surface area (Å²) in [6.07, 6.45) is 42.5. The topological polar surface area (TPSA) is 155 Å². The van der Waals surface area contributed by atoms with E-state index in [2.05, 4.69) is 62.5 Å². The van der Waals surface area contributed by atoms with E-state index in [1.165, 1.54) is 38.5 Å². The number of rotatable bonds is 37. The van der Waals surface area contributed by atoms with Crippen molar-refractivity contribution < 1.29 is 42.7 Å². The molecule has 0 saturated heterocycles. The van der Waals surface area contributed by atoms with E-state index in [0.29, 0.717) is 19.3 Å². The minimum Gasteiger partial charge on any atom is -0.462 e. The minimum absolute atomic E-state index is 0.00526. The molecule has 4 N–H and O–H groups in total. The highest BCUT2D eigenvalue weighted by molar-refractivity contribution is 7.47. The highest BCUT2D eigenvalue weighted by Crippen LogP contribution is 2.43. The highest BCUT2D eigenvalue weighted by atomic mass is 31.2. The molecule has 11 heteroatoms. The fourth-order valence-electron chi connectivity index (χ4n) is 5.13. The van der Waals surface area contributed by atoms with Gasteiger partial charge in [0.2, 0.25) is 0 Å². The summed E-state index contributed by atoms with van der Waals surface area (Å²) in [4.78, 5) is 34.8. The van der Waals surface area contributed by atoms with E-state index in [1.54, 1.807) is 12.2 Å². The van der Waals surface area contributed by atoms with Gasteiger partial charge in [-0.2, -0.15) is 0 Å². The fraction of sp³-hybridized carbons (Fsp3) is 0.674.